The highest BCUT2D eigenvalue weighted by Crippen LogP contribution is 2.23. The van der Waals surface area contributed by atoms with Crippen molar-refractivity contribution in [2.45, 2.75) is 19.5 Å². The van der Waals surface area contributed by atoms with Crippen LogP contribution in [0.15, 0.2) is 41.2 Å². The first kappa shape index (κ1) is 19.1. The average Bonchev–Trinajstić information content (AvgIpc) is 2.64. The van der Waals surface area contributed by atoms with E-state index in [4.69, 9.17) is 27.9 Å². The van der Waals surface area contributed by atoms with Crippen LogP contribution in [0.5, 0.6) is 5.75 Å². The zero-order chi connectivity index (χ0) is 19.6. The summed E-state index contributed by atoms with van der Waals surface area (Å²) in [5.41, 5.74) is 0.658. The van der Waals surface area contributed by atoms with Crippen molar-refractivity contribution in [2.75, 3.05) is 7.11 Å². The van der Waals surface area contributed by atoms with Crippen LogP contribution in [0.4, 0.5) is 0 Å². The second-order valence-electron chi connectivity index (χ2n) is 5.90. The van der Waals surface area contributed by atoms with Crippen LogP contribution in [-0.4, -0.2) is 28.0 Å². The molecule has 0 aliphatic carbocycles. The smallest absolute Gasteiger partial charge is 0.278 e. The zero-order valence-electron chi connectivity index (χ0n) is 14.6. The molecule has 0 saturated heterocycles. The molecule has 9 heteroatoms. The summed E-state index contributed by atoms with van der Waals surface area (Å²) in [6.07, 6.45) is 0. The molecule has 0 fully saturated rings. The average molecular weight is 407 g/mol. The first-order valence-corrected chi connectivity index (χ1v) is 8.80. The Morgan fingerprint density at radius 1 is 1.26 bits per heavy atom. The maximum Gasteiger partial charge on any atom is 0.278 e. The number of amides is 1. The molecule has 0 aliphatic rings. The van der Waals surface area contributed by atoms with Gasteiger partial charge in [0.25, 0.3) is 5.56 Å². The van der Waals surface area contributed by atoms with E-state index in [0.29, 0.717) is 5.02 Å². The molecule has 1 atom stereocenters. The van der Waals surface area contributed by atoms with Crippen LogP contribution < -0.4 is 15.6 Å². The Balaban J connectivity index is 1.77. The number of carbonyl (C=O) groups excluding carboxylic acids is 1. The number of rotatable bonds is 5. The Bertz CT molecular complexity index is 1050. The van der Waals surface area contributed by atoms with Crippen molar-refractivity contribution in [1.82, 2.24) is 20.3 Å². The lowest BCUT2D eigenvalue weighted by Gasteiger charge is -2.15. The minimum absolute atomic E-state index is 0.207. The normalized spacial score (nSPS) is 12.0. The number of nitrogens with zero attached hydrogens (tertiary/aromatic N) is 3. The van der Waals surface area contributed by atoms with Gasteiger partial charge in [-0.05, 0) is 36.8 Å². The summed E-state index contributed by atoms with van der Waals surface area (Å²) < 4.78 is 6.09. The van der Waals surface area contributed by atoms with Crippen molar-refractivity contribution in [3.8, 4) is 5.75 Å². The molecule has 0 saturated carbocycles. The number of hydrogen-bond acceptors (Lipinski definition) is 5. The third-order valence-corrected chi connectivity index (χ3v) is 4.54. The third-order valence-electron chi connectivity index (χ3n) is 4.03. The van der Waals surface area contributed by atoms with Crippen LogP contribution in [0.2, 0.25) is 10.0 Å². The van der Waals surface area contributed by atoms with E-state index in [2.05, 4.69) is 15.6 Å². The van der Waals surface area contributed by atoms with Gasteiger partial charge in [-0.2, -0.15) is 0 Å². The standard InChI is InChI=1S/C18H16Cl2N4O3/c1-10(11-3-5-13(27-2)6-4-11)21-16(25)9-24-18(26)14-7-12(19)8-15(20)17(14)22-23-24/h3-8,10H,9H2,1-2H3,(H,21,25)/t10-/m0/s1. The van der Waals surface area contributed by atoms with Crippen molar-refractivity contribution < 1.29 is 9.53 Å². The van der Waals surface area contributed by atoms with E-state index in [1.165, 1.54) is 12.1 Å². The number of nitrogens with one attached hydrogen (secondary N) is 1. The minimum atomic E-state index is -0.489. The van der Waals surface area contributed by atoms with Crippen molar-refractivity contribution in [2.24, 2.45) is 0 Å². The second kappa shape index (κ2) is 7.94. The molecule has 0 spiro atoms. The van der Waals surface area contributed by atoms with Gasteiger partial charge in [-0.25, -0.2) is 4.68 Å². The van der Waals surface area contributed by atoms with E-state index in [0.717, 1.165) is 16.0 Å². The van der Waals surface area contributed by atoms with E-state index in [9.17, 15) is 9.59 Å². The number of hydrogen-bond donors (Lipinski definition) is 1. The largest absolute Gasteiger partial charge is 0.497 e. The molecule has 1 heterocycles. The van der Waals surface area contributed by atoms with Gasteiger partial charge in [0.2, 0.25) is 5.91 Å². The SMILES string of the molecule is COc1ccc([C@H](C)NC(=O)Cn2nnc3c(Cl)cc(Cl)cc3c2=O)cc1. The van der Waals surface area contributed by atoms with E-state index in [1.54, 1.807) is 7.11 Å². The van der Waals surface area contributed by atoms with Crippen LogP contribution in [-0.2, 0) is 11.3 Å². The Morgan fingerprint density at radius 2 is 1.96 bits per heavy atom. The zero-order valence-corrected chi connectivity index (χ0v) is 16.1. The number of halogens is 2. The van der Waals surface area contributed by atoms with Gasteiger partial charge >= 0.3 is 0 Å². The summed E-state index contributed by atoms with van der Waals surface area (Å²) in [6.45, 7) is 1.57. The summed E-state index contributed by atoms with van der Waals surface area (Å²) in [6, 6.07) is 10.0. The van der Waals surface area contributed by atoms with E-state index < -0.39 is 5.56 Å². The molecule has 140 valence electrons. The summed E-state index contributed by atoms with van der Waals surface area (Å²) in [4.78, 5) is 24.9. The lowest BCUT2D eigenvalue weighted by atomic mass is 10.1. The van der Waals surface area contributed by atoms with Crippen molar-refractivity contribution in [3.63, 3.8) is 0 Å². The first-order valence-electron chi connectivity index (χ1n) is 8.05. The summed E-state index contributed by atoms with van der Waals surface area (Å²) in [7, 11) is 1.59. The topological polar surface area (TPSA) is 86.1 Å². The van der Waals surface area contributed by atoms with Gasteiger partial charge in [0.15, 0.2) is 0 Å². The number of ether oxygens (including phenoxy) is 1. The monoisotopic (exact) mass is 406 g/mol. The molecule has 1 aromatic heterocycles. The lowest BCUT2D eigenvalue weighted by Crippen LogP contribution is -2.35. The first-order chi connectivity index (χ1) is 12.9. The molecule has 2 aromatic carbocycles. The highest BCUT2D eigenvalue weighted by Gasteiger charge is 2.15. The fraction of sp³-hybridized carbons (Fsp3) is 0.222. The highest BCUT2D eigenvalue weighted by molar-refractivity contribution is 6.38. The van der Waals surface area contributed by atoms with E-state index in [-0.39, 0.29) is 34.4 Å². The number of methoxy groups -OCH3 is 1. The molecule has 3 rings (SSSR count). The summed E-state index contributed by atoms with van der Waals surface area (Å²) in [5.74, 6) is 0.356. The molecule has 7 nitrogen and oxygen atoms in total. The van der Waals surface area contributed by atoms with Gasteiger partial charge in [-0.3, -0.25) is 9.59 Å². The second-order valence-corrected chi connectivity index (χ2v) is 6.74. The third kappa shape index (κ3) is 4.20. The van der Waals surface area contributed by atoms with Gasteiger partial charge in [-0.15, -0.1) is 5.10 Å². The van der Waals surface area contributed by atoms with Gasteiger partial charge in [0.1, 0.15) is 17.8 Å². The van der Waals surface area contributed by atoms with Crippen LogP contribution in [0.1, 0.15) is 18.5 Å². The molecule has 0 radical (unpaired) electrons. The van der Waals surface area contributed by atoms with Crippen LogP contribution in [0.25, 0.3) is 10.9 Å². The molecule has 0 unspecified atom stereocenters. The summed E-state index contributed by atoms with van der Waals surface area (Å²) in [5, 5.41) is 11.3. The number of fused-ring (bicyclic) bond motifs is 1. The number of benzene rings is 2. The highest BCUT2D eigenvalue weighted by atomic mass is 35.5. The fourth-order valence-electron chi connectivity index (χ4n) is 2.61. The van der Waals surface area contributed by atoms with Crippen molar-refractivity contribution in [3.05, 3.63) is 62.4 Å². The van der Waals surface area contributed by atoms with Crippen LogP contribution >= 0.6 is 23.2 Å². The van der Waals surface area contributed by atoms with Gasteiger partial charge in [0, 0.05) is 5.02 Å². The molecule has 1 amide bonds. The molecule has 0 bridgehead atoms. The lowest BCUT2D eigenvalue weighted by molar-refractivity contribution is -0.122. The quantitative estimate of drug-likeness (QED) is 0.703. The van der Waals surface area contributed by atoms with Gasteiger partial charge in [-0.1, -0.05) is 40.5 Å². The molecular weight excluding hydrogens is 391 g/mol. The molecule has 27 heavy (non-hydrogen) atoms. The molecular formula is C18H16Cl2N4O3. The Hall–Kier alpha value is -2.64. The fourth-order valence-corrected chi connectivity index (χ4v) is 3.14. The van der Waals surface area contributed by atoms with Crippen LogP contribution in [0, 0.1) is 0 Å². The predicted molar refractivity (Wildman–Crippen MR) is 103 cm³/mol. The molecule has 3 aromatic rings. The Labute approximate surface area is 164 Å². The van der Waals surface area contributed by atoms with Gasteiger partial charge < -0.3 is 10.1 Å². The van der Waals surface area contributed by atoms with E-state index >= 15 is 0 Å². The number of carbonyl (C=O) groups is 1. The van der Waals surface area contributed by atoms with Gasteiger partial charge in [0.05, 0.1) is 23.6 Å². The maximum absolute atomic E-state index is 12.5. The summed E-state index contributed by atoms with van der Waals surface area (Å²) >= 11 is 12.0. The van der Waals surface area contributed by atoms with Crippen molar-refractivity contribution in [1.29, 1.82) is 0 Å². The minimum Gasteiger partial charge on any atom is -0.497 e. The predicted octanol–water partition coefficient (Wildman–Crippen LogP) is 2.98. The number of aromatic nitrogens is 3. The maximum atomic E-state index is 12.5. The van der Waals surface area contributed by atoms with Crippen LogP contribution in [0.3, 0.4) is 0 Å². The Kier molecular flexibility index (Phi) is 5.62. The van der Waals surface area contributed by atoms with Crippen molar-refractivity contribution >= 4 is 40.0 Å². The molecule has 1 N–H and O–H groups in total. The molecule has 0 aliphatic heterocycles. The Morgan fingerprint density at radius 3 is 2.63 bits per heavy atom. The van der Waals surface area contributed by atoms with E-state index in [1.807, 2.05) is 31.2 Å².